The first-order chi connectivity index (χ1) is 6.08. The molecule has 80 valence electrons. The van der Waals surface area contributed by atoms with Crippen LogP contribution in [0.3, 0.4) is 0 Å². The quantitative estimate of drug-likeness (QED) is 0.311. The molecule has 0 unspecified atom stereocenters. The Labute approximate surface area is 76.0 Å². The molecule has 0 aromatic rings. The van der Waals surface area contributed by atoms with E-state index < -0.39 is 37.6 Å². The smallest absolute Gasteiger partial charge is 0.114 e. The van der Waals surface area contributed by atoms with Gasteiger partial charge >= 0.3 is 0 Å². The Balaban J connectivity index is 4.21. The first-order valence-electron chi connectivity index (χ1n) is 3.87. The lowest BCUT2D eigenvalue weighted by atomic mass is 10.0. The van der Waals surface area contributed by atoms with Gasteiger partial charge in [0.1, 0.15) is 24.4 Å². The SMILES string of the molecule is CO[C@H]([C@H](O)[C@H](O)CO)[C@H](O)CO. The molecule has 6 heteroatoms. The molecule has 0 aromatic carbocycles. The fraction of sp³-hybridized carbons (Fsp3) is 1.00. The summed E-state index contributed by atoms with van der Waals surface area (Å²) in [5.41, 5.74) is 0. The lowest BCUT2D eigenvalue weighted by Crippen LogP contribution is -2.48. The van der Waals surface area contributed by atoms with Crippen molar-refractivity contribution in [2.24, 2.45) is 0 Å². The zero-order valence-corrected chi connectivity index (χ0v) is 7.37. The summed E-state index contributed by atoms with van der Waals surface area (Å²) in [7, 11) is 1.22. The number of hydrogen-bond acceptors (Lipinski definition) is 6. The number of aliphatic hydroxyl groups excluding tert-OH is 5. The van der Waals surface area contributed by atoms with E-state index in [4.69, 9.17) is 20.4 Å². The summed E-state index contributed by atoms with van der Waals surface area (Å²) < 4.78 is 4.66. The number of methoxy groups -OCH3 is 1. The molecule has 0 radical (unpaired) electrons. The third-order valence-corrected chi connectivity index (χ3v) is 1.76. The molecule has 0 aliphatic heterocycles. The van der Waals surface area contributed by atoms with E-state index in [1.54, 1.807) is 0 Å². The molecule has 0 saturated heterocycles. The Morgan fingerprint density at radius 2 is 1.46 bits per heavy atom. The van der Waals surface area contributed by atoms with Crippen molar-refractivity contribution < 1.29 is 30.3 Å². The van der Waals surface area contributed by atoms with Crippen LogP contribution in [0.1, 0.15) is 0 Å². The Hall–Kier alpha value is -0.240. The molecule has 0 amide bonds. The van der Waals surface area contributed by atoms with Crippen LogP contribution in [0, 0.1) is 0 Å². The van der Waals surface area contributed by atoms with Crippen LogP contribution in [0.2, 0.25) is 0 Å². The zero-order chi connectivity index (χ0) is 10.4. The molecule has 4 atom stereocenters. The summed E-state index contributed by atoms with van der Waals surface area (Å²) in [5, 5.41) is 44.4. The van der Waals surface area contributed by atoms with Crippen LogP contribution >= 0.6 is 0 Å². The van der Waals surface area contributed by atoms with E-state index in [0.717, 1.165) is 0 Å². The summed E-state index contributed by atoms with van der Waals surface area (Å²) in [6, 6.07) is 0. The largest absolute Gasteiger partial charge is 0.394 e. The molecular weight excluding hydrogens is 180 g/mol. The highest BCUT2D eigenvalue weighted by Gasteiger charge is 2.31. The van der Waals surface area contributed by atoms with Crippen molar-refractivity contribution >= 4 is 0 Å². The van der Waals surface area contributed by atoms with Crippen molar-refractivity contribution in [1.82, 2.24) is 0 Å². The summed E-state index contributed by atoms with van der Waals surface area (Å²) in [4.78, 5) is 0. The minimum atomic E-state index is -1.43. The van der Waals surface area contributed by atoms with E-state index in [1.165, 1.54) is 7.11 Å². The molecular formula is C7H16O6. The predicted octanol–water partition coefficient (Wildman–Crippen LogP) is -2.93. The van der Waals surface area contributed by atoms with E-state index in [2.05, 4.69) is 4.74 Å². The maximum atomic E-state index is 9.27. The molecule has 0 fully saturated rings. The van der Waals surface area contributed by atoms with Crippen molar-refractivity contribution in [2.75, 3.05) is 20.3 Å². The number of rotatable bonds is 6. The van der Waals surface area contributed by atoms with Gasteiger partial charge in [-0.3, -0.25) is 0 Å². The van der Waals surface area contributed by atoms with Crippen molar-refractivity contribution in [2.45, 2.75) is 24.4 Å². The Morgan fingerprint density at radius 1 is 1.00 bits per heavy atom. The highest BCUT2D eigenvalue weighted by molar-refractivity contribution is 4.81. The van der Waals surface area contributed by atoms with E-state index in [-0.39, 0.29) is 0 Å². The maximum Gasteiger partial charge on any atom is 0.114 e. The van der Waals surface area contributed by atoms with Gasteiger partial charge in [0.2, 0.25) is 0 Å². The summed E-state index contributed by atoms with van der Waals surface area (Å²) in [5.74, 6) is 0. The van der Waals surface area contributed by atoms with Gasteiger partial charge in [-0.1, -0.05) is 0 Å². The van der Waals surface area contributed by atoms with Crippen molar-refractivity contribution in [1.29, 1.82) is 0 Å². The lowest BCUT2D eigenvalue weighted by molar-refractivity contribution is -0.137. The van der Waals surface area contributed by atoms with Gasteiger partial charge in [0.25, 0.3) is 0 Å². The summed E-state index contributed by atoms with van der Waals surface area (Å²) in [6.45, 7) is -1.23. The van der Waals surface area contributed by atoms with E-state index in [9.17, 15) is 5.11 Å². The van der Waals surface area contributed by atoms with Gasteiger partial charge in [0, 0.05) is 7.11 Å². The van der Waals surface area contributed by atoms with E-state index in [1.807, 2.05) is 0 Å². The van der Waals surface area contributed by atoms with Gasteiger partial charge in [-0.15, -0.1) is 0 Å². The van der Waals surface area contributed by atoms with Crippen LogP contribution in [-0.4, -0.2) is 70.3 Å². The first kappa shape index (κ1) is 12.8. The van der Waals surface area contributed by atoms with Gasteiger partial charge in [-0.25, -0.2) is 0 Å². The zero-order valence-electron chi connectivity index (χ0n) is 7.37. The molecule has 0 heterocycles. The maximum absolute atomic E-state index is 9.27. The summed E-state index contributed by atoms with van der Waals surface area (Å²) in [6.07, 6.45) is -5.24. The molecule has 5 N–H and O–H groups in total. The van der Waals surface area contributed by atoms with Gasteiger partial charge < -0.3 is 30.3 Å². The number of hydrogen-bond donors (Lipinski definition) is 5. The van der Waals surface area contributed by atoms with Gasteiger partial charge in [-0.05, 0) is 0 Å². The first-order valence-corrected chi connectivity index (χ1v) is 3.87. The topological polar surface area (TPSA) is 110 Å². The fourth-order valence-electron chi connectivity index (χ4n) is 0.955. The van der Waals surface area contributed by atoms with Crippen LogP contribution in [-0.2, 0) is 4.74 Å². The van der Waals surface area contributed by atoms with Crippen LogP contribution in [0.4, 0.5) is 0 Å². The Morgan fingerprint density at radius 3 is 1.77 bits per heavy atom. The third-order valence-electron chi connectivity index (χ3n) is 1.76. The lowest BCUT2D eigenvalue weighted by Gasteiger charge is -2.27. The molecule has 13 heavy (non-hydrogen) atoms. The van der Waals surface area contributed by atoms with Crippen molar-refractivity contribution in [3.8, 4) is 0 Å². The normalized spacial score (nSPS) is 20.8. The molecule has 0 rings (SSSR count). The number of ether oxygens (including phenoxy) is 1. The second kappa shape index (κ2) is 6.25. The predicted molar refractivity (Wildman–Crippen MR) is 43.0 cm³/mol. The van der Waals surface area contributed by atoms with E-state index in [0.29, 0.717) is 0 Å². The van der Waals surface area contributed by atoms with Gasteiger partial charge in [-0.2, -0.15) is 0 Å². The molecule has 0 spiro atoms. The fourth-order valence-corrected chi connectivity index (χ4v) is 0.955. The molecule has 0 aliphatic rings. The van der Waals surface area contributed by atoms with Crippen LogP contribution in [0.25, 0.3) is 0 Å². The Kier molecular flexibility index (Phi) is 6.13. The van der Waals surface area contributed by atoms with Crippen molar-refractivity contribution in [3.63, 3.8) is 0 Å². The van der Waals surface area contributed by atoms with Crippen molar-refractivity contribution in [3.05, 3.63) is 0 Å². The Bertz CT molecular complexity index is 130. The average Bonchev–Trinajstić information content (AvgIpc) is 2.17. The standard InChI is InChI=1S/C7H16O6/c1-13-7(5(11)3-9)6(12)4(10)2-8/h4-12H,2-3H2,1H3/t4-,5-,6-,7+/m1/s1. The monoisotopic (exact) mass is 196 g/mol. The molecule has 0 saturated carbocycles. The summed E-state index contributed by atoms with van der Waals surface area (Å²) >= 11 is 0. The second-order valence-electron chi connectivity index (χ2n) is 2.69. The second-order valence-corrected chi connectivity index (χ2v) is 2.69. The van der Waals surface area contributed by atoms with Crippen LogP contribution in [0.5, 0.6) is 0 Å². The van der Waals surface area contributed by atoms with Gasteiger partial charge in [0.15, 0.2) is 0 Å². The van der Waals surface area contributed by atoms with Crippen LogP contribution in [0.15, 0.2) is 0 Å². The molecule has 0 aliphatic carbocycles. The van der Waals surface area contributed by atoms with Crippen LogP contribution < -0.4 is 0 Å². The highest BCUT2D eigenvalue weighted by Crippen LogP contribution is 2.08. The number of aliphatic hydroxyl groups is 5. The average molecular weight is 196 g/mol. The third kappa shape index (κ3) is 3.55. The minimum Gasteiger partial charge on any atom is -0.394 e. The van der Waals surface area contributed by atoms with E-state index >= 15 is 0 Å². The highest BCUT2D eigenvalue weighted by atomic mass is 16.5. The van der Waals surface area contributed by atoms with Gasteiger partial charge in [0.05, 0.1) is 13.2 Å². The molecule has 0 aromatic heterocycles. The molecule has 6 nitrogen and oxygen atoms in total. The molecule has 0 bridgehead atoms. The minimum absolute atomic E-state index is 0.590.